The second kappa shape index (κ2) is 5.01. The Balaban J connectivity index is 1.75. The molecule has 0 unspecified atom stereocenters. The van der Waals surface area contributed by atoms with Crippen molar-refractivity contribution in [1.82, 2.24) is 15.1 Å². The number of nitrogens with one attached hydrogen (secondary N) is 1. The lowest BCUT2D eigenvalue weighted by atomic mass is 10.1. The number of hydrogen-bond donors (Lipinski definition) is 2. The molecule has 2 aliphatic heterocycles. The Hall–Kier alpha value is -0.810. The van der Waals surface area contributed by atoms with Crippen molar-refractivity contribution >= 4 is 6.03 Å². The van der Waals surface area contributed by atoms with Crippen LogP contribution in [0.15, 0.2) is 0 Å². The fraction of sp³-hybridized carbons (Fsp3) is 0.909. The second-order valence-corrected chi connectivity index (χ2v) is 5.02. The number of nitrogens with two attached hydrogens (primary N) is 1. The van der Waals surface area contributed by atoms with Crippen LogP contribution in [0, 0.1) is 0 Å². The summed E-state index contributed by atoms with van der Waals surface area (Å²) in [4.78, 5) is 16.1. The van der Waals surface area contributed by atoms with Crippen molar-refractivity contribution in [1.29, 1.82) is 0 Å². The molecule has 1 atom stereocenters. The molecule has 0 aromatic carbocycles. The van der Waals surface area contributed by atoms with E-state index in [1.165, 1.54) is 0 Å². The molecule has 0 aromatic rings. The smallest absolute Gasteiger partial charge is 0.317 e. The molecule has 2 aliphatic rings. The van der Waals surface area contributed by atoms with Gasteiger partial charge in [0, 0.05) is 31.7 Å². The Kier molecular flexibility index (Phi) is 3.66. The lowest BCUT2D eigenvalue weighted by Gasteiger charge is -2.31. The van der Waals surface area contributed by atoms with E-state index in [1.807, 2.05) is 4.90 Å². The van der Waals surface area contributed by atoms with Gasteiger partial charge in [-0.3, -0.25) is 0 Å². The number of carbonyl (C=O) groups excluding carboxylic acids is 1. The van der Waals surface area contributed by atoms with E-state index in [1.54, 1.807) is 0 Å². The van der Waals surface area contributed by atoms with Crippen molar-refractivity contribution in [3.63, 3.8) is 0 Å². The number of rotatable bonds is 1. The number of piperidine rings is 1. The summed E-state index contributed by atoms with van der Waals surface area (Å²) in [5, 5.41) is 3.10. The summed E-state index contributed by atoms with van der Waals surface area (Å²) in [5.41, 5.74) is 5.81. The van der Waals surface area contributed by atoms with Crippen LogP contribution in [-0.2, 0) is 0 Å². The molecular weight excluding hydrogens is 204 g/mol. The molecule has 0 bridgehead atoms. The zero-order valence-corrected chi connectivity index (χ0v) is 9.98. The molecule has 0 saturated carbocycles. The summed E-state index contributed by atoms with van der Waals surface area (Å²) < 4.78 is 0. The van der Waals surface area contributed by atoms with Gasteiger partial charge in [0.1, 0.15) is 0 Å². The standard InChI is InChI=1S/C11H22N4O/c1-14-5-4-10(8-14)13-11(16)15-6-2-9(12)3-7-15/h9-10H,2-8,12H2,1H3,(H,13,16)/t10-/m1/s1. The Morgan fingerprint density at radius 2 is 1.94 bits per heavy atom. The maximum absolute atomic E-state index is 11.9. The summed E-state index contributed by atoms with van der Waals surface area (Å²) >= 11 is 0. The van der Waals surface area contributed by atoms with Crippen LogP contribution >= 0.6 is 0 Å². The Morgan fingerprint density at radius 3 is 2.50 bits per heavy atom. The van der Waals surface area contributed by atoms with Crippen LogP contribution in [-0.4, -0.2) is 61.1 Å². The number of likely N-dealkylation sites (tertiary alicyclic amines) is 2. The molecule has 5 heteroatoms. The summed E-state index contributed by atoms with van der Waals surface area (Å²) in [6.45, 7) is 3.65. The van der Waals surface area contributed by atoms with Crippen molar-refractivity contribution < 1.29 is 4.79 Å². The summed E-state index contributed by atoms with van der Waals surface area (Å²) in [7, 11) is 2.09. The lowest BCUT2D eigenvalue weighted by Crippen LogP contribution is -2.50. The van der Waals surface area contributed by atoms with E-state index in [0.717, 1.165) is 45.4 Å². The molecule has 0 aliphatic carbocycles. The van der Waals surface area contributed by atoms with E-state index >= 15 is 0 Å². The predicted molar refractivity (Wildman–Crippen MR) is 63.2 cm³/mol. The molecule has 2 rings (SSSR count). The lowest BCUT2D eigenvalue weighted by molar-refractivity contribution is 0.178. The molecule has 2 heterocycles. The average molecular weight is 226 g/mol. The Morgan fingerprint density at radius 1 is 1.25 bits per heavy atom. The SMILES string of the molecule is CN1CC[C@@H](NC(=O)N2CCC(N)CC2)C1. The van der Waals surface area contributed by atoms with Crippen molar-refractivity contribution in [2.24, 2.45) is 5.73 Å². The van der Waals surface area contributed by atoms with Gasteiger partial charge in [-0.25, -0.2) is 4.79 Å². The molecule has 0 spiro atoms. The van der Waals surface area contributed by atoms with Gasteiger partial charge in [0.05, 0.1) is 0 Å². The van der Waals surface area contributed by atoms with Gasteiger partial charge in [-0.05, 0) is 32.9 Å². The number of likely N-dealkylation sites (N-methyl/N-ethyl adjacent to an activating group) is 1. The molecule has 2 amide bonds. The molecule has 2 saturated heterocycles. The zero-order valence-electron chi connectivity index (χ0n) is 9.98. The molecule has 16 heavy (non-hydrogen) atoms. The summed E-state index contributed by atoms with van der Waals surface area (Å²) in [5.74, 6) is 0. The topological polar surface area (TPSA) is 61.6 Å². The predicted octanol–water partition coefficient (Wildman–Crippen LogP) is -0.177. The second-order valence-electron chi connectivity index (χ2n) is 5.02. The minimum Gasteiger partial charge on any atom is -0.334 e. The monoisotopic (exact) mass is 226 g/mol. The first-order chi connectivity index (χ1) is 7.65. The highest BCUT2D eigenvalue weighted by molar-refractivity contribution is 5.74. The van der Waals surface area contributed by atoms with Crippen LogP contribution in [0.4, 0.5) is 4.79 Å². The Labute approximate surface area is 96.9 Å². The highest BCUT2D eigenvalue weighted by atomic mass is 16.2. The molecule has 3 N–H and O–H groups in total. The van der Waals surface area contributed by atoms with Gasteiger partial charge in [0.15, 0.2) is 0 Å². The summed E-state index contributed by atoms with van der Waals surface area (Å²) in [6, 6.07) is 0.696. The normalized spacial score (nSPS) is 28.4. The Bertz CT molecular complexity index is 250. The molecular formula is C11H22N4O. The van der Waals surface area contributed by atoms with Crippen LogP contribution in [0.2, 0.25) is 0 Å². The van der Waals surface area contributed by atoms with Gasteiger partial charge < -0.3 is 20.9 Å². The minimum absolute atomic E-state index is 0.0900. The van der Waals surface area contributed by atoms with Gasteiger partial charge in [0.2, 0.25) is 0 Å². The van der Waals surface area contributed by atoms with Crippen molar-refractivity contribution in [3.8, 4) is 0 Å². The van der Waals surface area contributed by atoms with Crippen LogP contribution in [0.1, 0.15) is 19.3 Å². The molecule has 5 nitrogen and oxygen atoms in total. The first kappa shape index (κ1) is 11.7. The highest BCUT2D eigenvalue weighted by Crippen LogP contribution is 2.10. The molecule has 2 fully saturated rings. The maximum atomic E-state index is 11.9. The number of nitrogens with zero attached hydrogens (tertiary/aromatic N) is 2. The van der Waals surface area contributed by atoms with E-state index in [-0.39, 0.29) is 12.1 Å². The van der Waals surface area contributed by atoms with E-state index < -0.39 is 0 Å². The number of carbonyl (C=O) groups is 1. The van der Waals surface area contributed by atoms with E-state index in [2.05, 4.69) is 17.3 Å². The third-order valence-electron chi connectivity index (χ3n) is 3.55. The quantitative estimate of drug-likeness (QED) is 0.652. The third kappa shape index (κ3) is 2.86. The average Bonchev–Trinajstić information content (AvgIpc) is 2.65. The number of amides is 2. The van der Waals surface area contributed by atoms with Crippen LogP contribution in [0.25, 0.3) is 0 Å². The maximum Gasteiger partial charge on any atom is 0.317 e. The first-order valence-corrected chi connectivity index (χ1v) is 6.14. The van der Waals surface area contributed by atoms with Gasteiger partial charge >= 0.3 is 6.03 Å². The number of hydrogen-bond acceptors (Lipinski definition) is 3. The van der Waals surface area contributed by atoms with E-state index in [0.29, 0.717) is 6.04 Å². The van der Waals surface area contributed by atoms with Gasteiger partial charge in [-0.2, -0.15) is 0 Å². The minimum atomic E-state index is 0.0900. The van der Waals surface area contributed by atoms with Crippen molar-refractivity contribution in [2.75, 3.05) is 33.2 Å². The van der Waals surface area contributed by atoms with Gasteiger partial charge in [-0.15, -0.1) is 0 Å². The van der Waals surface area contributed by atoms with Crippen LogP contribution in [0.3, 0.4) is 0 Å². The molecule has 92 valence electrons. The highest BCUT2D eigenvalue weighted by Gasteiger charge is 2.25. The fourth-order valence-electron chi connectivity index (χ4n) is 2.42. The largest absolute Gasteiger partial charge is 0.334 e. The fourth-order valence-corrected chi connectivity index (χ4v) is 2.42. The van der Waals surface area contributed by atoms with Crippen LogP contribution < -0.4 is 11.1 Å². The van der Waals surface area contributed by atoms with Crippen LogP contribution in [0.5, 0.6) is 0 Å². The third-order valence-corrected chi connectivity index (χ3v) is 3.55. The van der Waals surface area contributed by atoms with E-state index in [9.17, 15) is 4.79 Å². The van der Waals surface area contributed by atoms with Crippen molar-refractivity contribution in [2.45, 2.75) is 31.3 Å². The summed E-state index contributed by atoms with van der Waals surface area (Å²) in [6.07, 6.45) is 2.92. The van der Waals surface area contributed by atoms with E-state index in [4.69, 9.17) is 5.73 Å². The van der Waals surface area contributed by atoms with Crippen molar-refractivity contribution in [3.05, 3.63) is 0 Å². The molecule has 0 aromatic heterocycles. The van der Waals surface area contributed by atoms with Gasteiger partial charge in [-0.1, -0.05) is 0 Å². The number of urea groups is 1. The first-order valence-electron chi connectivity index (χ1n) is 6.14. The van der Waals surface area contributed by atoms with Gasteiger partial charge in [0.25, 0.3) is 0 Å². The molecule has 0 radical (unpaired) electrons. The zero-order chi connectivity index (χ0) is 11.5.